The molecule has 8 heteroatoms. The standard InChI is InChI=1S/C20H19F2N3O2S/c1-13-2-4-14(5-3-13)16-10-15-18(28-16)23-12-25(19(15)27)11-17(26)24-8-6-20(21,22)7-9-24/h2-5,10,12H,6-9,11H2,1H3. The van der Waals surface area contributed by atoms with Gasteiger partial charge in [0.2, 0.25) is 5.91 Å². The number of hydrogen-bond acceptors (Lipinski definition) is 4. The molecule has 0 aliphatic carbocycles. The highest BCUT2D eigenvalue weighted by Gasteiger charge is 2.35. The van der Waals surface area contributed by atoms with Crippen molar-refractivity contribution in [3.63, 3.8) is 0 Å². The van der Waals surface area contributed by atoms with Crippen molar-refractivity contribution in [1.29, 1.82) is 0 Å². The normalized spacial score (nSPS) is 16.5. The summed E-state index contributed by atoms with van der Waals surface area (Å²) < 4.78 is 27.8. The number of alkyl halides is 2. The van der Waals surface area contributed by atoms with E-state index in [1.165, 1.54) is 27.1 Å². The topological polar surface area (TPSA) is 55.2 Å². The van der Waals surface area contributed by atoms with E-state index in [2.05, 4.69) is 4.98 Å². The maximum Gasteiger partial charge on any atom is 0.262 e. The molecule has 2 aromatic heterocycles. The molecule has 0 unspecified atom stereocenters. The fourth-order valence-corrected chi connectivity index (χ4v) is 4.26. The lowest BCUT2D eigenvalue weighted by atomic mass is 10.1. The van der Waals surface area contributed by atoms with Crippen molar-refractivity contribution in [3.05, 3.63) is 52.6 Å². The third-order valence-electron chi connectivity index (χ3n) is 5.01. The van der Waals surface area contributed by atoms with Crippen molar-refractivity contribution in [3.8, 4) is 10.4 Å². The molecular formula is C20H19F2N3O2S. The number of nitrogens with zero attached hydrogens (tertiary/aromatic N) is 3. The van der Waals surface area contributed by atoms with Crippen molar-refractivity contribution < 1.29 is 13.6 Å². The summed E-state index contributed by atoms with van der Waals surface area (Å²) in [6.45, 7) is 1.83. The number of aryl methyl sites for hydroxylation is 1. The van der Waals surface area contributed by atoms with Crippen LogP contribution in [0.1, 0.15) is 18.4 Å². The summed E-state index contributed by atoms with van der Waals surface area (Å²) in [5.74, 6) is -3.05. The Kier molecular flexibility index (Phi) is 4.74. The molecule has 3 aromatic rings. The molecule has 1 fully saturated rings. The molecule has 0 radical (unpaired) electrons. The second kappa shape index (κ2) is 7.09. The van der Waals surface area contributed by atoms with Crippen LogP contribution in [0.3, 0.4) is 0 Å². The molecule has 0 bridgehead atoms. The Morgan fingerprint density at radius 3 is 2.57 bits per heavy atom. The molecule has 4 rings (SSSR count). The summed E-state index contributed by atoms with van der Waals surface area (Å²) >= 11 is 1.42. The van der Waals surface area contributed by atoms with Crippen LogP contribution in [0.15, 0.2) is 41.5 Å². The van der Waals surface area contributed by atoms with Gasteiger partial charge in [-0.05, 0) is 18.6 Å². The highest BCUT2D eigenvalue weighted by molar-refractivity contribution is 7.21. The van der Waals surface area contributed by atoms with Crippen molar-refractivity contribution in [2.75, 3.05) is 13.1 Å². The van der Waals surface area contributed by atoms with E-state index in [1.54, 1.807) is 6.07 Å². The van der Waals surface area contributed by atoms with Crippen LogP contribution in [0.25, 0.3) is 20.7 Å². The SMILES string of the molecule is Cc1ccc(-c2cc3c(=O)n(CC(=O)N4CCC(F)(F)CC4)cnc3s2)cc1. The highest BCUT2D eigenvalue weighted by Crippen LogP contribution is 2.31. The third-order valence-corrected chi connectivity index (χ3v) is 6.10. The Morgan fingerprint density at radius 2 is 1.89 bits per heavy atom. The van der Waals surface area contributed by atoms with Gasteiger partial charge >= 0.3 is 0 Å². The zero-order valence-corrected chi connectivity index (χ0v) is 16.1. The molecule has 0 atom stereocenters. The van der Waals surface area contributed by atoms with Crippen LogP contribution in [0, 0.1) is 6.92 Å². The van der Waals surface area contributed by atoms with E-state index >= 15 is 0 Å². The van der Waals surface area contributed by atoms with E-state index in [1.807, 2.05) is 31.2 Å². The maximum absolute atomic E-state index is 13.3. The second-order valence-electron chi connectivity index (χ2n) is 7.11. The van der Waals surface area contributed by atoms with Crippen molar-refractivity contribution in [1.82, 2.24) is 14.5 Å². The lowest BCUT2D eigenvalue weighted by molar-refractivity contribution is -0.137. The van der Waals surface area contributed by atoms with Crippen LogP contribution in [0.5, 0.6) is 0 Å². The van der Waals surface area contributed by atoms with Gasteiger partial charge in [-0.15, -0.1) is 11.3 Å². The lowest BCUT2D eigenvalue weighted by Gasteiger charge is -2.31. The summed E-state index contributed by atoms with van der Waals surface area (Å²) in [5, 5.41) is 0.459. The van der Waals surface area contributed by atoms with Crippen LogP contribution in [-0.4, -0.2) is 39.4 Å². The predicted octanol–water partition coefficient (Wildman–Crippen LogP) is 3.69. The van der Waals surface area contributed by atoms with Gasteiger partial charge in [0, 0.05) is 30.8 Å². The van der Waals surface area contributed by atoms with E-state index in [4.69, 9.17) is 0 Å². The lowest BCUT2D eigenvalue weighted by Crippen LogP contribution is -2.44. The predicted molar refractivity (Wildman–Crippen MR) is 105 cm³/mol. The van der Waals surface area contributed by atoms with Gasteiger partial charge in [-0.3, -0.25) is 14.2 Å². The zero-order valence-electron chi connectivity index (χ0n) is 15.3. The van der Waals surface area contributed by atoms with E-state index in [0.717, 1.165) is 16.0 Å². The number of halogens is 2. The summed E-state index contributed by atoms with van der Waals surface area (Å²) in [7, 11) is 0. The van der Waals surface area contributed by atoms with E-state index in [-0.39, 0.29) is 43.9 Å². The molecule has 0 spiro atoms. The van der Waals surface area contributed by atoms with E-state index < -0.39 is 5.92 Å². The number of aromatic nitrogens is 2. The number of amides is 1. The molecule has 0 saturated carbocycles. The van der Waals surface area contributed by atoms with Crippen molar-refractivity contribution >= 4 is 27.5 Å². The van der Waals surface area contributed by atoms with Crippen molar-refractivity contribution in [2.45, 2.75) is 32.2 Å². The second-order valence-corrected chi connectivity index (χ2v) is 8.14. The molecule has 1 aliphatic rings. The summed E-state index contributed by atoms with van der Waals surface area (Å²) in [4.78, 5) is 32.5. The molecule has 0 N–H and O–H groups in total. The minimum absolute atomic E-state index is 0.00623. The number of carbonyl (C=O) groups is 1. The third kappa shape index (κ3) is 3.69. The smallest absolute Gasteiger partial charge is 0.262 e. The van der Waals surface area contributed by atoms with Gasteiger partial charge in [-0.1, -0.05) is 29.8 Å². The monoisotopic (exact) mass is 403 g/mol. The van der Waals surface area contributed by atoms with Crippen LogP contribution < -0.4 is 5.56 Å². The van der Waals surface area contributed by atoms with Crippen LogP contribution in [0.2, 0.25) is 0 Å². The molecule has 1 aromatic carbocycles. The average molecular weight is 403 g/mol. The van der Waals surface area contributed by atoms with Crippen molar-refractivity contribution in [2.24, 2.45) is 0 Å². The molecular weight excluding hydrogens is 384 g/mol. The summed E-state index contributed by atoms with van der Waals surface area (Å²) in [5.41, 5.74) is 1.86. The van der Waals surface area contributed by atoms with Crippen LogP contribution in [-0.2, 0) is 11.3 Å². The van der Waals surface area contributed by atoms with Gasteiger partial charge in [-0.25, -0.2) is 13.8 Å². The quantitative estimate of drug-likeness (QED) is 0.670. The van der Waals surface area contributed by atoms with Gasteiger partial charge in [0.1, 0.15) is 11.4 Å². The largest absolute Gasteiger partial charge is 0.341 e. The van der Waals surface area contributed by atoms with Gasteiger partial charge in [-0.2, -0.15) is 0 Å². The molecule has 28 heavy (non-hydrogen) atoms. The minimum Gasteiger partial charge on any atom is -0.341 e. The Bertz CT molecular complexity index is 1080. The average Bonchev–Trinajstić information content (AvgIpc) is 3.09. The number of piperidine rings is 1. The molecule has 1 saturated heterocycles. The number of rotatable bonds is 3. The van der Waals surface area contributed by atoms with Gasteiger partial charge in [0.05, 0.1) is 11.7 Å². The summed E-state index contributed by atoms with van der Waals surface area (Å²) in [6, 6.07) is 9.80. The molecule has 3 heterocycles. The fourth-order valence-electron chi connectivity index (χ4n) is 3.26. The van der Waals surface area contributed by atoms with Gasteiger partial charge in [0.15, 0.2) is 0 Å². The molecule has 1 aliphatic heterocycles. The Morgan fingerprint density at radius 1 is 1.21 bits per heavy atom. The number of likely N-dealkylation sites (tertiary alicyclic amines) is 1. The van der Waals surface area contributed by atoms with Crippen LogP contribution >= 0.6 is 11.3 Å². The fraction of sp³-hybridized carbons (Fsp3) is 0.350. The van der Waals surface area contributed by atoms with E-state index in [0.29, 0.717) is 10.2 Å². The molecule has 5 nitrogen and oxygen atoms in total. The molecule has 146 valence electrons. The number of thiophene rings is 1. The van der Waals surface area contributed by atoms with Crippen LogP contribution in [0.4, 0.5) is 8.78 Å². The zero-order chi connectivity index (χ0) is 19.9. The minimum atomic E-state index is -2.71. The number of hydrogen-bond donors (Lipinski definition) is 0. The van der Waals surface area contributed by atoms with Gasteiger partial charge < -0.3 is 4.90 Å². The first-order valence-corrected chi connectivity index (χ1v) is 9.86. The Balaban J connectivity index is 1.57. The number of carbonyl (C=O) groups excluding carboxylic acids is 1. The van der Waals surface area contributed by atoms with E-state index in [9.17, 15) is 18.4 Å². The first-order chi connectivity index (χ1) is 13.3. The maximum atomic E-state index is 13.3. The Labute approximate surface area is 164 Å². The van der Waals surface area contributed by atoms with Gasteiger partial charge in [0.25, 0.3) is 11.5 Å². The Hall–Kier alpha value is -2.61. The first kappa shape index (κ1) is 18.7. The molecule has 1 amide bonds. The summed E-state index contributed by atoms with van der Waals surface area (Å²) in [6.07, 6.45) is 0.682. The highest BCUT2D eigenvalue weighted by atomic mass is 32.1. The number of benzene rings is 1. The number of fused-ring (bicyclic) bond motifs is 1. The first-order valence-electron chi connectivity index (χ1n) is 9.04.